The second-order valence-corrected chi connectivity index (χ2v) is 5.30. The number of rotatable bonds is 5. The Balaban J connectivity index is 2.24. The highest BCUT2D eigenvalue weighted by Crippen LogP contribution is 2.30. The van der Waals surface area contributed by atoms with E-state index >= 15 is 0 Å². The van der Waals surface area contributed by atoms with Crippen molar-refractivity contribution in [1.29, 1.82) is 0 Å². The van der Waals surface area contributed by atoms with E-state index in [1.54, 1.807) is 14.0 Å². The molecule has 0 aliphatic heterocycles. The molecule has 0 heterocycles. The topological polar surface area (TPSA) is 38.7 Å². The van der Waals surface area contributed by atoms with Crippen LogP contribution in [0.4, 0.5) is 0 Å². The van der Waals surface area contributed by atoms with Crippen LogP contribution in [0, 0.1) is 13.8 Å². The number of methoxy groups -OCH3 is 1. The van der Waals surface area contributed by atoms with Crippen molar-refractivity contribution in [1.82, 2.24) is 0 Å². The van der Waals surface area contributed by atoms with Gasteiger partial charge in [-0.25, -0.2) is 0 Å². The van der Waals surface area contributed by atoms with E-state index in [0.29, 0.717) is 12.4 Å². The number of aryl methyl sites for hydroxylation is 2. The maximum atomic E-state index is 9.84. The van der Waals surface area contributed by atoms with Gasteiger partial charge < -0.3 is 14.6 Å². The van der Waals surface area contributed by atoms with E-state index in [4.69, 9.17) is 9.47 Å². The van der Waals surface area contributed by atoms with Crippen molar-refractivity contribution >= 4 is 0 Å². The molecule has 0 aliphatic carbocycles. The second-order valence-electron chi connectivity index (χ2n) is 5.30. The fourth-order valence-corrected chi connectivity index (χ4v) is 2.22. The Kier molecular flexibility index (Phi) is 4.86. The first kappa shape index (κ1) is 15.4. The van der Waals surface area contributed by atoms with Crippen LogP contribution in [0.25, 0.3) is 0 Å². The van der Waals surface area contributed by atoms with Crippen LogP contribution in [0.1, 0.15) is 35.3 Å². The summed E-state index contributed by atoms with van der Waals surface area (Å²) in [6.07, 6.45) is -0.579. The van der Waals surface area contributed by atoms with Gasteiger partial charge in [0.2, 0.25) is 0 Å². The number of ether oxygens (including phenoxy) is 2. The molecule has 0 aromatic heterocycles. The smallest absolute Gasteiger partial charge is 0.129 e. The predicted molar refractivity (Wildman–Crippen MR) is 83.9 cm³/mol. The van der Waals surface area contributed by atoms with Gasteiger partial charge in [0.15, 0.2) is 0 Å². The monoisotopic (exact) mass is 286 g/mol. The Morgan fingerprint density at radius 1 is 1.10 bits per heavy atom. The normalized spacial score (nSPS) is 12.0. The first-order valence-corrected chi connectivity index (χ1v) is 7.06. The molecule has 2 rings (SSSR count). The first-order valence-electron chi connectivity index (χ1n) is 7.06. The molecule has 0 fully saturated rings. The Bertz CT molecular complexity index is 618. The second kappa shape index (κ2) is 6.64. The molecule has 21 heavy (non-hydrogen) atoms. The van der Waals surface area contributed by atoms with E-state index in [9.17, 15) is 5.11 Å². The van der Waals surface area contributed by atoms with E-state index in [1.165, 1.54) is 11.1 Å². The zero-order chi connectivity index (χ0) is 15.4. The average molecular weight is 286 g/mol. The molecule has 1 N–H and O–H groups in total. The molecule has 1 unspecified atom stereocenters. The summed E-state index contributed by atoms with van der Waals surface area (Å²) in [5.74, 6) is 1.38. The molecule has 112 valence electrons. The van der Waals surface area contributed by atoms with Crippen LogP contribution in [0.3, 0.4) is 0 Å². The van der Waals surface area contributed by atoms with Crippen molar-refractivity contribution in [2.24, 2.45) is 0 Å². The number of hydrogen-bond acceptors (Lipinski definition) is 3. The number of hydrogen-bond donors (Lipinski definition) is 1. The van der Waals surface area contributed by atoms with Gasteiger partial charge in [-0.1, -0.05) is 23.8 Å². The fourth-order valence-electron chi connectivity index (χ4n) is 2.22. The van der Waals surface area contributed by atoms with Gasteiger partial charge >= 0.3 is 0 Å². The van der Waals surface area contributed by atoms with Gasteiger partial charge in [-0.05, 0) is 44.0 Å². The van der Waals surface area contributed by atoms with Crippen LogP contribution in [0.5, 0.6) is 11.5 Å². The van der Waals surface area contributed by atoms with Crippen molar-refractivity contribution in [3.63, 3.8) is 0 Å². The zero-order valence-corrected chi connectivity index (χ0v) is 13.0. The van der Waals surface area contributed by atoms with Crippen LogP contribution in [-0.2, 0) is 6.61 Å². The Morgan fingerprint density at radius 3 is 2.52 bits per heavy atom. The molecular weight excluding hydrogens is 264 g/mol. The van der Waals surface area contributed by atoms with E-state index in [-0.39, 0.29) is 0 Å². The Labute approximate surface area is 126 Å². The lowest BCUT2D eigenvalue weighted by Gasteiger charge is -2.16. The summed E-state index contributed by atoms with van der Waals surface area (Å²) in [4.78, 5) is 0. The lowest BCUT2D eigenvalue weighted by molar-refractivity contribution is 0.190. The summed E-state index contributed by atoms with van der Waals surface area (Å²) < 4.78 is 11.1. The molecule has 0 saturated carbocycles. The van der Waals surface area contributed by atoms with Crippen molar-refractivity contribution in [3.8, 4) is 11.5 Å². The average Bonchev–Trinajstić information content (AvgIpc) is 2.47. The van der Waals surface area contributed by atoms with Gasteiger partial charge in [0.05, 0.1) is 13.2 Å². The molecule has 0 radical (unpaired) electrons. The molecule has 1 atom stereocenters. The molecule has 3 nitrogen and oxygen atoms in total. The van der Waals surface area contributed by atoms with Gasteiger partial charge in [-0.2, -0.15) is 0 Å². The molecule has 0 bridgehead atoms. The standard InChI is InChI=1S/C18H22O3/c1-12-5-6-13(2)15(9-12)11-21-18-10-16(20-4)7-8-17(18)14(3)19/h5-10,14,19H,11H2,1-4H3. The fraction of sp³-hybridized carbons (Fsp3) is 0.333. The highest BCUT2D eigenvalue weighted by molar-refractivity contribution is 5.42. The lowest BCUT2D eigenvalue weighted by Crippen LogP contribution is -2.03. The Hall–Kier alpha value is -2.00. The van der Waals surface area contributed by atoms with Gasteiger partial charge in [0, 0.05) is 11.6 Å². The molecule has 0 aliphatic rings. The van der Waals surface area contributed by atoms with Crippen molar-refractivity contribution < 1.29 is 14.6 Å². The molecule has 0 spiro atoms. The van der Waals surface area contributed by atoms with Crippen LogP contribution >= 0.6 is 0 Å². The minimum absolute atomic E-state index is 0.473. The summed E-state index contributed by atoms with van der Waals surface area (Å²) in [6, 6.07) is 11.8. The quantitative estimate of drug-likeness (QED) is 0.904. The lowest BCUT2D eigenvalue weighted by atomic mass is 10.1. The van der Waals surface area contributed by atoms with E-state index in [2.05, 4.69) is 32.0 Å². The zero-order valence-electron chi connectivity index (χ0n) is 13.0. The Morgan fingerprint density at radius 2 is 1.86 bits per heavy atom. The van der Waals surface area contributed by atoms with Crippen LogP contribution < -0.4 is 9.47 Å². The predicted octanol–water partition coefficient (Wildman–Crippen LogP) is 3.94. The summed E-state index contributed by atoms with van der Waals surface area (Å²) in [5.41, 5.74) is 4.32. The van der Waals surface area contributed by atoms with Crippen LogP contribution in [0.2, 0.25) is 0 Å². The third kappa shape index (κ3) is 3.76. The van der Waals surface area contributed by atoms with E-state index < -0.39 is 6.10 Å². The highest BCUT2D eigenvalue weighted by Gasteiger charge is 2.11. The highest BCUT2D eigenvalue weighted by atomic mass is 16.5. The van der Waals surface area contributed by atoms with Gasteiger partial charge in [0.1, 0.15) is 18.1 Å². The largest absolute Gasteiger partial charge is 0.497 e. The van der Waals surface area contributed by atoms with E-state index in [1.807, 2.05) is 18.2 Å². The summed E-state index contributed by atoms with van der Waals surface area (Å²) in [6.45, 7) is 6.34. The third-order valence-corrected chi connectivity index (χ3v) is 3.56. The third-order valence-electron chi connectivity index (χ3n) is 3.56. The minimum Gasteiger partial charge on any atom is -0.497 e. The van der Waals surface area contributed by atoms with Crippen LogP contribution in [0.15, 0.2) is 36.4 Å². The van der Waals surface area contributed by atoms with Crippen molar-refractivity contribution in [2.75, 3.05) is 7.11 Å². The SMILES string of the molecule is COc1ccc(C(C)O)c(OCc2cc(C)ccc2C)c1. The maximum Gasteiger partial charge on any atom is 0.129 e. The van der Waals surface area contributed by atoms with E-state index in [0.717, 1.165) is 16.9 Å². The molecular formula is C18H22O3. The summed E-state index contributed by atoms with van der Waals surface area (Å²) >= 11 is 0. The minimum atomic E-state index is -0.579. The summed E-state index contributed by atoms with van der Waals surface area (Å²) in [7, 11) is 1.62. The molecule has 2 aromatic carbocycles. The summed E-state index contributed by atoms with van der Waals surface area (Å²) in [5, 5.41) is 9.84. The number of benzene rings is 2. The molecule has 2 aromatic rings. The van der Waals surface area contributed by atoms with Crippen LogP contribution in [-0.4, -0.2) is 12.2 Å². The first-order chi connectivity index (χ1) is 10.0. The molecule has 0 amide bonds. The maximum absolute atomic E-state index is 9.84. The number of aliphatic hydroxyl groups is 1. The molecule has 3 heteroatoms. The van der Waals surface area contributed by atoms with Gasteiger partial charge in [-0.3, -0.25) is 0 Å². The molecule has 0 saturated heterocycles. The van der Waals surface area contributed by atoms with Gasteiger partial charge in [-0.15, -0.1) is 0 Å². The van der Waals surface area contributed by atoms with Crippen molar-refractivity contribution in [2.45, 2.75) is 33.5 Å². The van der Waals surface area contributed by atoms with Crippen molar-refractivity contribution in [3.05, 3.63) is 58.7 Å². The number of aliphatic hydroxyl groups excluding tert-OH is 1. The van der Waals surface area contributed by atoms with Gasteiger partial charge in [0.25, 0.3) is 0 Å².